The number of halogens is 2. The van der Waals surface area contributed by atoms with Gasteiger partial charge in [0, 0.05) is 17.0 Å². The zero-order chi connectivity index (χ0) is 11.5. The standard InChI is InChI=1S/C12H10ClFOS/c13-9-2-1-3-10(14)12(9)11(15)6-8-4-5-16-7-8/h1-5,7,11,15H,6H2. The average molecular weight is 257 g/mol. The van der Waals surface area contributed by atoms with Gasteiger partial charge >= 0.3 is 0 Å². The van der Waals surface area contributed by atoms with Crippen LogP contribution in [0.3, 0.4) is 0 Å². The molecule has 1 unspecified atom stereocenters. The number of benzene rings is 1. The van der Waals surface area contributed by atoms with Crippen molar-refractivity contribution in [2.75, 3.05) is 0 Å². The van der Waals surface area contributed by atoms with Gasteiger partial charge in [-0.15, -0.1) is 0 Å². The molecule has 1 aromatic heterocycles. The number of aliphatic hydroxyl groups excluding tert-OH is 1. The van der Waals surface area contributed by atoms with Crippen LogP contribution < -0.4 is 0 Å². The highest BCUT2D eigenvalue weighted by Gasteiger charge is 2.16. The summed E-state index contributed by atoms with van der Waals surface area (Å²) in [5, 5.41) is 14.1. The Balaban J connectivity index is 2.24. The van der Waals surface area contributed by atoms with E-state index in [1.807, 2.05) is 16.8 Å². The quantitative estimate of drug-likeness (QED) is 0.885. The van der Waals surface area contributed by atoms with E-state index in [-0.39, 0.29) is 10.6 Å². The number of rotatable bonds is 3. The van der Waals surface area contributed by atoms with E-state index < -0.39 is 11.9 Å². The molecule has 0 aliphatic rings. The van der Waals surface area contributed by atoms with E-state index in [0.29, 0.717) is 6.42 Å². The SMILES string of the molecule is OC(Cc1ccsc1)c1c(F)cccc1Cl. The van der Waals surface area contributed by atoms with Crippen LogP contribution >= 0.6 is 22.9 Å². The van der Waals surface area contributed by atoms with E-state index in [2.05, 4.69) is 0 Å². The monoisotopic (exact) mass is 256 g/mol. The van der Waals surface area contributed by atoms with Crippen LogP contribution in [0.2, 0.25) is 5.02 Å². The molecule has 0 saturated heterocycles. The van der Waals surface area contributed by atoms with Crippen molar-refractivity contribution >= 4 is 22.9 Å². The first-order chi connectivity index (χ1) is 7.68. The summed E-state index contributed by atoms with van der Waals surface area (Å²) < 4.78 is 13.5. The summed E-state index contributed by atoms with van der Waals surface area (Å²) in [5.74, 6) is -0.463. The van der Waals surface area contributed by atoms with Crippen molar-refractivity contribution in [2.24, 2.45) is 0 Å². The van der Waals surface area contributed by atoms with E-state index in [0.717, 1.165) is 5.56 Å². The Labute approximate surface area is 102 Å². The van der Waals surface area contributed by atoms with Crippen LogP contribution in [0.25, 0.3) is 0 Å². The molecule has 0 aliphatic carbocycles. The fraction of sp³-hybridized carbons (Fsp3) is 0.167. The van der Waals surface area contributed by atoms with E-state index >= 15 is 0 Å². The maximum atomic E-state index is 13.5. The largest absolute Gasteiger partial charge is 0.388 e. The van der Waals surface area contributed by atoms with Gasteiger partial charge in [0.2, 0.25) is 0 Å². The molecule has 2 aromatic rings. The second-order valence-corrected chi connectivity index (χ2v) is 4.67. The molecule has 1 N–H and O–H groups in total. The summed E-state index contributed by atoms with van der Waals surface area (Å²) in [7, 11) is 0. The minimum absolute atomic E-state index is 0.176. The number of hydrogen-bond acceptors (Lipinski definition) is 2. The highest BCUT2D eigenvalue weighted by Crippen LogP contribution is 2.28. The van der Waals surface area contributed by atoms with Crippen LogP contribution in [0.5, 0.6) is 0 Å². The molecular weight excluding hydrogens is 247 g/mol. The molecule has 16 heavy (non-hydrogen) atoms. The summed E-state index contributed by atoms with van der Waals surface area (Å²) in [5.41, 5.74) is 1.16. The third kappa shape index (κ3) is 2.43. The molecular formula is C12H10ClFOS. The maximum absolute atomic E-state index is 13.5. The summed E-state index contributed by atoms with van der Waals surface area (Å²) in [4.78, 5) is 0. The number of hydrogen-bond donors (Lipinski definition) is 1. The van der Waals surface area contributed by atoms with E-state index in [9.17, 15) is 9.50 Å². The van der Waals surface area contributed by atoms with Crippen LogP contribution in [0.15, 0.2) is 35.0 Å². The van der Waals surface area contributed by atoms with Crippen LogP contribution in [0, 0.1) is 5.82 Å². The van der Waals surface area contributed by atoms with Gasteiger partial charge in [-0.3, -0.25) is 0 Å². The Bertz CT molecular complexity index is 450. The van der Waals surface area contributed by atoms with Crippen molar-refractivity contribution < 1.29 is 9.50 Å². The first-order valence-electron chi connectivity index (χ1n) is 4.81. The molecule has 0 saturated carbocycles. The van der Waals surface area contributed by atoms with E-state index in [1.165, 1.54) is 12.1 Å². The maximum Gasteiger partial charge on any atom is 0.130 e. The molecule has 1 nitrogen and oxygen atoms in total. The Morgan fingerprint density at radius 2 is 2.19 bits per heavy atom. The predicted molar refractivity (Wildman–Crippen MR) is 64.4 cm³/mol. The Morgan fingerprint density at radius 1 is 1.38 bits per heavy atom. The zero-order valence-corrected chi connectivity index (χ0v) is 9.93. The van der Waals surface area contributed by atoms with Gasteiger partial charge < -0.3 is 5.11 Å². The smallest absolute Gasteiger partial charge is 0.130 e. The topological polar surface area (TPSA) is 20.2 Å². The molecule has 84 valence electrons. The molecule has 2 rings (SSSR count). The van der Waals surface area contributed by atoms with E-state index in [4.69, 9.17) is 11.6 Å². The normalized spacial score (nSPS) is 12.7. The van der Waals surface area contributed by atoms with Crippen molar-refractivity contribution in [3.05, 3.63) is 57.0 Å². The lowest BCUT2D eigenvalue weighted by molar-refractivity contribution is 0.174. The lowest BCUT2D eigenvalue weighted by Gasteiger charge is -2.12. The highest BCUT2D eigenvalue weighted by molar-refractivity contribution is 7.07. The Kier molecular flexibility index (Phi) is 3.59. The highest BCUT2D eigenvalue weighted by atomic mass is 35.5. The molecule has 1 atom stereocenters. The average Bonchev–Trinajstić information content (AvgIpc) is 2.70. The summed E-state index contributed by atoms with van der Waals surface area (Å²) in [6.45, 7) is 0. The molecule has 1 heterocycles. The molecule has 0 amide bonds. The first kappa shape index (κ1) is 11.6. The molecule has 0 radical (unpaired) electrons. The zero-order valence-electron chi connectivity index (χ0n) is 8.36. The lowest BCUT2D eigenvalue weighted by atomic mass is 10.0. The van der Waals surface area contributed by atoms with Gasteiger partial charge in [-0.25, -0.2) is 4.39 Å². The second kappa shape index (κ2) is 4.95. The fourth-order valence-electron chi connectivity index (χ4n) is 1.56. The molecule has 4 heteroatoms. The summed E-state index contributed by atoms with van der Waals surface area (Å²) >= 11 is 7.41. The first-order valence-corrected chi connectivity index (χ1v) is 6.13. The lowest BCUT2D eigenvalue weighted by Crippen LogP contribution is -2.04. The van der Waals surface area contributed by atoms with Crippen molar-refractivity contribution in [2.45, 2.75) is 12.5 Å². The minimum atomic E-state index is -0.900. The Morgan fingerprint density at radius 3 is 2.81 bits per heavy atom. The van der Waals surface area contributed by atoms with Gasteiger partial charge in [-0.05, 0) is 34.5 Å². The van der Waals surface area contributed by atoms with Crippen LogP contribution in [-0.4, -0.2) is 5.11 Å². The minimum Gasteiger partial charge on any atom is -0.388 e. The molecule has 0 fully saturated rings. The van der Waals surface area contributed by atoms with Gasteiger partial charge in [-0.2, -0.15) is 11.3 Å². The number of thiophene rings is 1. The van der Waals surface area contributed by atoms with Crippen molar-refractivity contribution in [1.29, 1.82) is 0 Å². The van der Waals surface area contributed by atoms with Gasteiger partial charge in [-0.1, -0.05) is 17.7 Å². The fourth-order valence-corrected chi connectivity index (χ4v) is 2.53. The van der Waals surface area contributed by atoms with Crippen LogP contribution in [0.4, 0.5) is 4.39 Å². The molecule has 0 bridgehead atoms. The van der Waals surface area contributed by atoms with Gasteiger partial charge in [0.15, 0.2) is 0 Å². The summed E-state index contributed by atoms with van der Waals surface area (Å²) in [6, 6.07) is 6.32. The third-order valence-electron chi connectivity index (χ3n) is 2.34. The van der Waals surface area contributed by atoms with Gasteiger partial charge in [0.25, 0.3) is 0 Å². The molecule has 0 aliphatic heterocycles. The molecule has 1 aromatic carbocycles. The van der Waals surface area contributed by atoms with Gasteiger partial charge in [0.1, 0.15) is 5.82 Å². The van der Waals surface area contributed by atoms with Crippen molar-refractivity contribution in [3.8, 4) is 0 Å². The number of aliphatic hydroxyl groups is 1. The summed E-state index contributed by atoms with van der Waals surface area (Å²) in [6.07, 6.45) is -0.521. The van der Waals surface area contributed by atoms with E-state index in [1.54, 1.807) is 17.4 Å². The van der Waals surface area contributed by atoms with Crippen molar-refractivity contribution in [1.82, 2.24) is 0 Å². The predicted octanol–water partition coefficient (Wildman–Crippen LogP) is 3.82. The van der Waals surface area contributed by atoms with Crippen molar-refractivity contribution in [3.63, 3.8) is 0 Å². The van der Waals surface area contributed by atoms with Crippen LogP contribution in [-0.2, 0) is 6.42 Å². The van der Waals surface area contributed by atoms with Crippen LogP contribution in [0.1, 0.15) is 17.2 Å². The molecule has 0 spiro atoms. The second-order valence-electron chi connectivity index (χ2n) is 3.49. The Hall–Kier alpha value is -0.900. The third-order valence-corrected chi connectivity index (χ3v) is 3.40. The van der Waals surface area contributed by atoms with Gasteiger partial charge in [0.05, 0.1) is 6.10 Å².